The van der Waals surface area contributed by atoms with Gasteiger partial charge in [-0.05, 0) is 0 Å². The molecule has 0 N–H and O–H groups in total. The molecule has 6 nitrogen and oxygen atoms in total. The number of rotatable bonds is 26. The van der Waals surface area contributed by atoms with Crippen molar-refractivity contribution in [2.24, 2.45) is 0 Å². The Labute approximate surface area is 214 Å². The Morgan fingerprint density at radius 1 is 0.441 bits per heavy atom. The van der Waals surface area contributed by atoms with Gasteiger partial charge in [0.25, 0.3) is 0 Å². The van der Waals surface area contributed by atoms with Crippen LogP contribution in [0.2, 0.25) is 0 Å². The van der Waals surface area contributed by atoms with E-state index < -0.39 is 15.4 Å². The number of hydrogen-bond donors (Lipinski definition) is 0. The normalized spacial score (nSPS) is 13.6. The second kappa shape index (κ2) is 22.8. The SMILES string of the molecule is CCCO[PH](CCC)(CCN(CCOCC)CC[PH](CCC)(OCCC)OCCC)OCCC. The fourth-order valence-corrected chi connectivity index (χ4v) is 11.1. The second-order valence-corrected chi connectivity index (χ2v) is 16.1. The van der Waals surface area contributed by atoms with Crippen LogP contribution in [0, 0.1) is 0 Å². The Hall–Kier alpha value is 0.620. The van der Waals surface area contributed by atoms with Gasteiger partial charge >= 0.3 is 214 Å². The first kappa shape index (κ1) is 34.6. The van der Waals surface area contributed by atoms with E-state index in [0.717, 1.165) is 122 Å². The van der Waals surface area contributed by atoms with Gasteiger partial charge in [-0.15, -0.1) is 0 Å². The molecule has 0 atom stereocenters. The van der Waals surface area contributed by atoms with Gasteiger partial charge < -0.3 is 0 Å². The third-order valence-electron chi connectivity index (χ3n) is 5.91. The van der Waals surface area contributed by atoms with Crippen molar-refractivity contribution >= 4 is 15.4 Å². The quantitative estimate of drug-likeness (QED) is 0.0887. The van der Waals surface area contributed by atoms with Crippen molar-refractivity contribution in [1.82, 2.24) is 4.90 Å². The first-order valence-corrected chi connectivity index (χ1v) is 18.8. The van der Waals surface area contributed by atoms with Crippen LogP contribution < -0.4 is 0 Å². The van der Waals surface area contributed by atoms with Gasteiger partial charge in [0.15, 0.2) is 0 Å². The van der Waals surface area contributed by atoms with E-state index in [1.807, 2.05) is 0 Å². The molecule has 0 aromatic carbocycles. The van der Waals surface area contributed by atoms with E-state index in [1.165, 1.54) is 0 Å². The van der Waals surface area contributed by atoms with Gasteiger partial charge in [0.2, 0.25) is 0 Å². The minimum atomic E-state index is -2.21. The van der Waals surface area contributed by atoms with Crippen molar-refractivity contribution in [2.75, 3.05) is 83.9 Å². The fourth-order valence-electron chi connectivity index (χ4n) is 4.16. The summed E-state index contributed by atoms with van der Waals surface area (Å²) in [4.78, 5) is 2.56. The molecule has 0 unspecified atom stereocenters. The molecule has 0 aromatic rings. The summed E-state index contributed by atoms with van der Waals surface area (Å²) >= 11 is 0. The summed E-state index contributed by atoms with van der Waals surface area (Å²) in [7, 11) is -4.43. The molecule has 0 aliphatic heterocycles. The Balaban J connectivity index is 5.44. The van der Waals surface area contributed by atoms with Crippen LogP contribution in [-0.4, -0.2) is 88.8 Å². The molecule has 8 heteroatoms. The average molecular weight is 530 g/mol. The Morgan fingerprint density at radius 2 is 0.824 bits per heavy atom. The molecule has 0 aromatic heterocycles. The zero-order chi connectivity index (χ0) is 25.5. The monoisotopic (exact) mass is 529 g/mol. The summed E-state index contributed by atoms with van der Waals surface area (Å²) in [6, 6.07) is 0. The molecule has 0 bridgehead atoms. The van der Waals surface area contributed by atoms with Crippen LogP contribution in [0.15, 0.2) is 0 Å². The van der Waals surface area contributed by atoms with E-state index in [1.54, 1.807) is 0 Å². The molecule has 0 saturated carbocycles. The molecule has 0 heterocycles. The molecule has 0 spiro atoms. The predicted molar refractivity (Wildman–Crippen MR) is 155 cm³/mol. The van der Waals surface area contributed by atoms with E-state index in [2.05, 4.69) is 53.4 Å². The van der Waals surface area contributed by atoms with Gasteiger partial charge in [0.05, 0.1) is 0 Å². The van der Waals surface area contributed by atoms with Crippen LogP contribution in [0.1, 0.15) is 87.0 Å². The van der Waals surface area contributed by atoms with Crippen LogP contribution >= 0.6 is 15.4 Å². The average Bonchev–Trinajstić information content (AvgIpc) is 2.85. The zero-order valence-corrected chi connectivity index (χ0v) is 25.9. The van der Waals surface area contributed by atoms with Crippen LogP contribution in [0.4, 0.5) is 0 Å². The summed E-state index contributed by atoms with van der Waals surface area (Å²) in [6.45, 7) is 23.0. The van der Waals surface area contributed by atoms with Crippen molar-refractivity contribution in [2.45, 2.75) is 87.0 Å². The van der Waals surface area contributed by atoms with Gasteiger partial charge in [0, 0.05) is 0 Å². The third-order valence-corrected chi connectivity index (χ3v) is 13.3. The summed E-state index contributed by atoms with van der Waals surface area (Å²) in [5, 5.41) is 0. The van der Waals surface area contributed by atoms with Crippen LogP contribution in [-0.2, 0) is 22.8 Å². The molecule has 0 rings (SSSR count). The van der Waals surface area contributed by atoms with Gasteiger partial charge in [-0.1, -0.05) is 0 Å². The Bertz CT molecular complexity index is 395. The van der Waals surface area contributed by atoms with Crippen molar-refractivity contribution in [3.8, 4) is 0 Å². The first-order chi connectivity index (χ1) is 16.5. The van der Waals surface area contributed by atoms with E-state index in [9.17, 15) is 0 Å². The van der Waals surface area contributed by atoms with Crippen molar-refractivity contribution in [3.63, 3.8) is 0 Å². The molecule has 210 valence electrons. The van der Waals surface area contributed by atoms with Crippen LogP contribution in [0.3, 0.4) is 0 Å². The summed E-state index contributed by atoms with van der Waals surface area (Å²) < 4.78 is 31.8. The topological polar surface area (TPSA) is 49.4 Å². The standard InChI is InChI=1S/C26H61NO5P2/c1-8-18-29-33(23-12-5,30-19-9-2)25-16-27(15-22-28-14-7)17-26-34(24-13-6,31-20-10-3)32-21-11-4/h33-34H,8-26H2,1-7H3. The molecule has 0 amide bonds. The van der Waals surface area contributed by atoms with Crippen LogP contribution in [0.25, 0.3) is 0 Å². The molecule has 0 fully saturated rings. The summed E-state index contributed by atoms with van der Waals surface area (Å²) in [5.41, 5.74) is 0. The first-order valence-electron chi connectivity index (χ1n) is 14.4. The Morgan fingerprint density at radius 3 is 1.12 bits per heavy atom. The molecule has 34 heavy (non-hydrogen) atoms. The number of hydrogen-bond acceptors (Lipinski definition) is 6. The van der Waals surface area contributed by atoms with Crippen molar-refractivity contribution in [3.05, 3.63) is 0 Å². The molecule has 0 aliphatic carbocycles. The van der Waals surface area contributed by atoms with Gasteiger partial charge in [-0.2, -0.15) is 0 Å². The van der Waals surface area contributed by atoms with E-state index >= 15 is 0 Å². The van der Waals surface area contributed by atoms with Crippen LogP contribution in [0.5, 0.6) is 0 Å². The molecular formula is C26H61NO5P2. The minimum absolute atomic E-state index is 0.759. The number of nitrogens with zero attached hydrogens (tertiary/aromatic N) is 1. The maximum atomic E-state index is 6.51. The second-order valence-electron chi connectivity index (χ2n) is 9.25. The van der Waals surface area contributed by atoms with Gasteiger partial charge in [0.1, 0.15) is 0 Å². The van der Waals surface area contributed by atoms with Gasteiger partial charge in [-0.3, -0.25) is 0 Å². The van der Waals surface area contributed by atoms with Crippen molar-refractivity contribution in [1.29, 1.82) is 0 Å². The van der Waals surface area contributed by atoms with Gasteiger partial charge in [-0.25, -0.2) is 0 Å². The van der Waals surface area contributed by atoms with E-state index in [-0.39, 0.29) is 0 Å². The maximum absolute atomic E-state index is 6.51. The molecule has 0 radical (unpaired) electrons. The predicted octanol–water partition coefficient (Wildman–Crippen LogP) is 7.01. The Kier molecular flexibility index (Phi) is 23.2. The zero-order valence-electron chi connectivity index (χ0n) is 23.9. The molecular weight excluding hydrogens is 468 g/mol. The third kappa shape index (κ3) is 15.7. The van der Waals surface area contributed by atoms with Crippen molar-refractivity contribution < 1.29 is 22.8 Å². The van der Waals surface area contributed by atoms with E-state index in [4.69, 9.17) is 22.8 Å². The molecule has 0 saturated heterocycles. The summed E-state index contributed by atoms with van der Waals surface area (Å²) in [6.07, 6.45) is 10.5. The fraction of sp³-hybridized carbons (Fsp3) is 1.00. The van der Waals surface area contributed by atoms with E-state index in [0.29, 0.717) is 0 Å². The molecule has 0 aliphatic rings. The summed E-state index contributed by atoms with van der Waals surface area (Å²) in [5.74, 6) is 0. The number of ether oxygens (including phenoxy) is 1.